The van der Waals surface area contributed by atoms with Gasteiger partial charge in [-0.05, 0) is 20.8 Å². The van der Waals surface area contributed by atoms with Crippen molar-refractivity contribution in [1.82, 2.24) is 5.32 Å². The topological polar surface area (TPSA) is 156 Å². The molecule has 0 unspecified atom stereocenters. The molecule has 4 N–H and O–H groups in total. The molecule has 3 saturated heterocycles. The molecule has 0 saturated carbocycles. The summed E-state index contributed by atoms with van der Waals surface area (Å²) in [5.41, 5.74) is 5.62. The van der Waals surface area contributed by atoms with Gasteiger partial charge in [0, 0.05) is 0 Å². The zero-order valence-corrected chi connectivity index (χ0v) is 17.2. The molecule has 0 aromatic heterocycles. The lowest BCUT2D eigenvalue weighted by Crippen LogP contribution is -2.62. The smallest absolute Gasteiger partial charge is 0.475 e. The van der Waals surface area contributed by atoms with Crippen molar-refractivity contribution in [3.63, 3.8) is 0 Å². The second-order valence-corrected chi connectivity index (χ2v) is 7.62. The lowest BCUT2D eigenvalue weighted by Gasteiger charge is -2.39. The van der Waals surface area contributed by atoms with Crippen molar-refractivity contribution >= 4 is 17.8 Å². The van der Waals surface area contributed by atoms with E-state index in [-0.39, 0.29) is 12.5 Å². The summed E-state index contributed by atoms with van der Waals surface area (Å²) in [6.45, 7) is 5.24. The Morgan fingerprint density at radius 3 is 2.26 bits per heavy atom. The zero-order chi connectivity index (χ0) is 23.7. The number of carboxylic acid groups (broad SMARTS) is 1. The highest BCUT2D eigenvalue weighted by Crippen LogP contribution is 2.42. The number of hydrogen-bond acceptors (Lipinski definition) is 9. The van der Waals surface area contributed by atoms with E-state index in [1.165, 1.54) is 7.11 Å². The molecule has 3 rings (SSSR count). The predicted molar refractivity (Wildman–Crippen MR) is 93.2 cm³/mol. The number of aliphatic carboxylic acids is 1. The van der Waals surface area contributed by atoms with E-state index in [1.807, 2.05) is 0 Å². The molecule has 3 fully saturated rings. The van der Waals surface area contributed by atoms with Crippen LogP contribution in [0.1, 0.15) is 20.8 Å². The minimum absolute atomic E-state index is 0.0914. The van der Waals surface area contributed by atoms with Gasteiger partial charge >= 0.3 is 18.1 Å². The number of fused-ring (bicyclic) bond motifs is 3. The van der Waals surface area contributed by atoms with E-state index in [9.17, 15) is 22.8 Å². The molecule has 0 aromatic carbocycles. The van der Waals surface area contributed by atoms with E-state index in [2.05, 4.69) is 5.32 Å². The van der Waals surface area contributed by atoms with E-state index in [1.54, 1.807) is 20.8 Å². The van der Waals surface area contributed by atoms with Gasteiger partial charge in [0.1, 0.15) is 24.2 Å². The molecule has 3 aliphatic heterocycles. The minimum atomic E-state index is -5.08. The Kier molecular flexibility index (Phi) is 7.53. The van der Waals surface area contributed by atoms with E-state index >= 15 is 0 Å². The number of carbonyl (C=O) groups is 3. The standard InChI is InChI=1S/C15H24N2O7.C2HF3O2/c1-6(16)12(18)17-8-7(13(19)20-4)5-21-10-9(8)22-14-11(10)23-15(2,3)24-14;3-2(4,5)1(6)7/h6-11,14H,5,16H2,1-4H3,(H,17,18);(H,6,7)/t6-,7-,8-,9+,10-,11+,14+;/m0./s1. The summed E-state index contributed by atoms with van der Waals surface area (Å²) in [5.74, 6) is -5.07. The number of methoxy groups -OCH3 is 1. The molecule has 0 bridgehead atoms. The van der Waals surface area contributed by atoms with E-state index in [4.69, 9.17) is 39.3 Å². The van der Waals surface area contributed by atoms with Crippen LogP contribution in [0, 0.1) is 5.92 Å². The highest BCUT2D eigenvalue weighted by atomic mass is 19.4. The Morgan fingerprint density at radius 1 is 1.19 bits per heavy atom. The lowest BCUT2D eigenvalue weighted by atomic mass is 9.88. The van der Waals surface area contributed by atoms with Gasteiger partial charge in [0.25, 0.3) is 0 Å². The summed E-state index contributed by atoms with van der Waals surface area (Å²) in [6, 6.07) is -1.34. The van der Waals surface area contributed by atoms with Crippen molar-refractivity contribution in [2.75, 3.05) is 13.7 Å². The van der Waals surface area contributed by atoms with Crippen molar-refractivity contribution in [2.24, 2.45) is 11.7 Å². The summed E-state index contributed by atoms with van der Waals surface area (Å²) >= 11 is 0. The fourth-order valence-corrected chi connectivity index (χ4v) is 3.37. The highest BCUT2D eigenvalue weighted by molar-refractivity contribution is 5.82. The molecule has 0 aliphatic carbocycles. The van der Waals surface area contributed by atoms with Crippen LogP contribution in [0.2, 0.25) is 0 Å². The van der Waals surface area contributed by atoms with Gasteiger partial charge in [-0.3, -0.25) is 9.59 Å². The Balaban J connectivity index is 0.000000423. The quantitative estimate of drug-likeness (QED) is 0.472. The maximum atomic E-state index is 12.1. The average molecular weight is 458 g/mol. The first-order valence-corrected chi connectivity index (χ1v) is 9.24. The molecule has 1 amide bonds. The molecule has 0 spiro atoms. The molecule has 178 valence electrons. The van der Waals surface area contributed by atoms with Gasteiger partial charge in [-0.15, -0.1) is 0 Å². The number of halogens is 3. The fourth-order valence-electron chi connectivity index (χ4n) is 3.37. The number of alkyl halides is 3. The Morgan fingerprint density at radius 2 is 1.77 bits per heavy atom. The number of carbonyl (C=O) groups excluding carboxylic acids is 2. The molecule has 0 radical (unpaired) electrons. The fraction of sp³-hybridized carbons (Fsp3) is 0.824. The molecule has 7 atom stereocenters. The molecule has 0 aromatic rings. The van der Waals surface area contributed by atoms with Gasteiger partial charge < -0.3 is 39.8 Å². The highest BCUT2D eigenvalue weighted by Gasteiger charge is 2.61. The average Bonchev–Trinajstić information content (AvgIpc) is 3.12. The number of esters is 1. The van der Waals surface area contributed by atoms with Gasteiger partial charge in [0.2, 0.25) is 5.91 Å². The van der Waals surface area contributed by atoms with Crippen LogP contribution in [0.3, 0.4) is 0 Å². The normalized spacial score (nSPS) is 34.5. The minimum Gasteiger partial charge on any atom is -0.475 e. The van der Waals surface area contributed by atoms with Crippen LogP contribution >= 0.6 is 0 Å². The summed E-state index contributed by atoms with van der Waals surface area (Å²) in [7, 11) is 1.29. The predicted octanol–water partition coefficient (Wildman–Crippen LogP) is -0.484. The van der Waals surface area contributed by atoms with E-state index in [0.29, 0.717) is 0 Å². The van der Waals surface area contributed by atoms with Crippen LogP contribution in [-0.2, 0) is 38.1 Å². The third kappa shape index (κ3) is 5.83. The van der Waals surface area contributed by atoms with Crippen molar-refractivity contribution < 1.29 is 56.3 Å². The van der Waals surface area contributed by atoms with Gasteiger partial charge in [0.05, 0.1) is 25.8 Å². The number of nitrogens with two attached hydrogens (primary N) is 1. The number of amides is 1. The first-order valence-electron chi connectivity index (χ1n) is 9.24. The third-order valence-corrected chi connectivity index (χ3v) is 4.75. The molecule has 3 heterocycles. The van der Waals surface area contributed by atoms with Crippen LogP contribution in [0.4, 0.5) is 13.2 Å². The molecule has 3 aliphatic rings. The number of nitrogens with one attached hydrogen (secondary N) is 1. The van der Waals surface area contributed by atoms with Crippen LogP contribution in [0.15, 0.2) is 0 Å². The summed E-state index contributed by atoms with van der Waals surface area (Å²) in [4.78, 5) is 33.0. The van der Waals surface area contributed by atoms with Crippen LogP contribution in [0.5, 0.6) is 0 Å². The SMILES string of the molecule is COC(=O)[C@H]1CO[C@H]2[C@H](O[C@@H]3OC(C)(C)O[C@@H]32)[C@H]1NC(=O)[C@H](C)N.O=C(O)C(F)(F)F. The Bertz CT molecular complexity index is 701. The summed E-state index contributed by atoms with van der Waals surface area (Å²) < 4.78 is 59.8. The Hall–Kier alpha value is -2.00. The lowest BCUT2D eigenvalue weighted by molar-refractivity contribution is -0.234. The monoisotopic (exact) mass is 458 g/mol. The molecular weight excluding hydrogens is 433 g/mol. The van der Waals surface area contributed by atoms with Crippen molar-refractivity contribution in [2.45, 2.75) is 69.4 Å². The first kappa shape index (κ1) is 25.3. The third-order valence-electron chi connectivity index (χ3n) is 4.75. The van der Waals surface area contributed by atoms with Crippen LogP contribution in [0.25, 0.3) is 0 Å². The number of ether oxygens (including phenoxy) is 5. The second kappa shape index (κ2) is 9.24. The summed E-state index contributed by atoms with van der Waals surface area (Å²) in [5, 5.41) is 9.91. The van der Waals surface area contributed by atoms with Crippen molar-refractivity contribution in [3.05, 3.63) is 0 Å². The van der Waals surface area contributed by atoms with Crippen LogP contribution < -0.4 is 11.1 Å². The van der Waals surface area contributed by atoms with Gasteiger partial charge in [-0.25, -0.2) is 4.79 Å². The van der Waals surface area contributed by atoms with Gasteiger partial charge in [-0.2, -0.15) is 13.2 Å². The molecule has 11 nitrogen and oxygen atoms in total. The van der Waals surface area contributed by atoms with E-state index in [0.717, 1.165) is 0 Å². The Labute approximate surface area is 175 Å². The van der Waals surface area contributed by atoms with Crippen molar-refractivity contribution in [1.29, 1.82) is 0 Å². The van der Waals surface area contributed by atoms with Crippen molar-refractivity contribution in [3.8, 4) is 0 Å². The van der Waals surface area contributed by atoms with Gasteiger partial charge in [-0.1, -0.05) is 0 Å². The maximum Gasteiger partial charge on any atom is 0.490 e. The van der Waals surface area contributed by atoms with E-state index < -0.39 is 66.5 Å². The maximum absolute atomic E-state index is 12.1. The number of rotatable bonds is 3. The number of carboxylic acids is 1. The summed E-state index contributed by atoms with van der Waals surface area (Å²) in [6.07, 6.45) is -7.15. The van der Waals surface area contributed by atoms with Gasteiger partial charge in [0.15, 0.2) is 12.1 Å². The second-order valence-electron chi connectivity index (χ2n) is 7.62. The molecular formula is C17H25F3N2O9. The molecule has 31 heavy (non-hydrogen) atoms. The first-order chi connectivity index (χ1) is 14.2. The molecule has 14 heteroatoms. The van der Waals surface area contributed by atoms with Crippen LogP contribution in [-0.4, -0.2) is 85.3 Å². The number of hydrogen-bond donors (Lipinski definition) is 3. The zero-order valence-electron chi connectivity index (χ0n) is 17.2. The largest absolute Gasteiger partial charge is 0.490 e.